The Balaban J connectivity index is 1.43. The van der Waals surface area contributed by atoms with Gasteiger partial charge >= 0.3 is 0 Å². The normalized spacial score (nSPS) is 10.8. The van der Waals surface area contributed by atoms with Crippen molar-refractivity contribution in [3.63, 3.8) is 0 Å². The topological polar surface area (TPSA) is 92.8 Å². The number of amides is 1. The van der Waals surface area contributed by atoms with Crippen LogP contribution in [-0.2, 0) is 6.61 Å². The summed E-state index contributed by atoms with van der Waals surface area (Å²) in [4.78, 5) is 21.7. The molecule has 0 saturated heterocycles. The SMILES string of the molecule is Cc1nc(COc2ccc(F)cc2)sc1C(=O)Nc1n[nH]c(-c2ccccc2Cl)n1. The molecule has 0 radical (unpaired) electrons. The molecule has 0 aliphatic carbocycles. The van der Waals surface area contributed by atoms with Gasteiger partial charge in [-0.1, -0.05) is 23.7 Å². The lowest BCUT2D eigenvalue weighted by Crippen LogP contribution is -2.12. The Bertz CT molecular complexity index is 1190. The van der Waals surface area contributed by atoms with Crippen LogP contribution in [0.15, 0.2) is 48.5 Å². The van der Waals surface area contributed by atoms with E-state index in [1.165, 1.54) is 35.6 Å². The zero-order chi connectivity index (χ0) is 21.1. The summed E-state index contributed by atoms with van der Waals surface area (Å²) in [5, 5.41) is 10.6. The smallest absolute Gasteiger partial charge is 0.270 e. The predicted molar refractivity (Wildman–Crippen MR) is 112 cm³/mol. The first-order chi connectivity index (χ1) is 14.5. The summed E-state index contributed by atoms with van der Waals surface area (Å²) in [6.45, 7) is 1.90. The van der Waals surface area contributed by atoms with Gasteiger partial charge in [0.15, 0.2) is 5.82 Å². The number of aromatic amines is 1. The third-order valence-electron chi connectivity index (χ3n) is 4.06. The van der Waals surface area contributed by atoms with Gasteiger partial charge < -0.3 is 4.74 Å². The molecule has 2 aromatic heterocycles. The van der Waals surface area contributed by atoms with Crippen LogP contribution >= 0.6 is 22.9 Å². The number of hydrogen-bond acceptors (Lipinski definition) is 6. The third kappa shape index (κ3) is 4.47. The highest BCUT2D eigenvalue weighted by molar-refractivity contribution is 7.13. The van der Waals surface area contributed by atoms with Crippen molar-refractivity contribution < 1.29 is 13.9 Å². The highest BCUT2D eigenvalue weighted by Crippen LogP contribution is 2.25. The van der Waals surface area contributed by atoms with Crippen molar-refractivity contribution in [3.8, 4) is 17.1 Å². The summed E-state index contributed by atoms with van der Waals surface area (Å²) in [5.74, 6) is 0.388. The molecule has 0 fully saturated rings. The molecule has 30 heavy (non-hydrogen) atoms. The molecule has 0 atom stereocenters. The lowest BCUT2D eigenvalue weighted by atomic mass is 10.2. The molecule has 7 nitrogen and oxygen atoms in total. The average Bonchev–Trinajstić information content (AvgIpc) is 3.34. The Morgan fingerprint density at radius 3 is 2.73 bits per heavy atom. The molecule has 4 rings (SSSR count). The van der Waals surface area contributed by atoms with Gasteiger partial charge in [-0.25, -0.2) is 9.37 Å². The number of aromatic nitrogens is 4. The number of carbonyl (C=O) groups excluding carboxylic acids is 1. The Labute approximate surface area is 179 Å². The van der Waals surface area contributed by atoms with Crippen LogP contribution in [0.1, 0.15) is 20.4 Å². The molecule has 0 aliphatic rings. The number of nitrogens with one attached hydrogen (secondary N) is 2. The van der Waals surface area contributed by atoms with Gasteiger partial charge in [-0.2, -0.15) is 4.98 Å². The Morgan fingerprint density at radius 2 is 1.97 bits per heavy atom. The highest BCUT2D eigenvalue weighted by atomic mass is 35.5. The van der Waals surface area contributed by atoms with Gasteiger partial charge in [0, 0.05) is 5.56 Å². The van der Waals surface area contributed by atoms with Crippen LogP contribution in [0.2, 0.25) is 5.02 Å². The standard InChI is InChI=1S/C20H15ClFN5O2S/c1-11-17(30-16(23-11)10-29-13-8-6-12(22)7-9-13)19(28)25-20-24-18(26-27-20)14-4-2-3-5-15(14)21/h2-9H,10H2,1H3,(H2,24,25,26,27,28). The van der Waals surface area contributed by atoms with E-state index >= 15 is 0 Å². The fraction of sp³-hybridized carbons (Fsp3) is 0.100. The van der Waals surface area contributed by atoms with Crippen molar-refractivity contribution in [2.45, 2.75) is 13.5 Å². The van der Waals surface area contributed by atoms with Crippen LogP contribution < -0.4 is 10.1 Å². The Hall–Kier alpha value is -3.30. The maximum Gasteiger partial charge on any atom is 0.270 e. The molecule has 4 aromatic rings. The van der Waals surface area contributed by atoms with E-state index < -0.39 is 0 Å². The molecular formula is C20H15ClFN5O2S. The van der Waals surface area contributed by atoms with Gasteiger partial charge in [-0.05, 0) is 43.3 Å². The van der Waals surface area contributed by atoms with Gasteiger partial charge in [-0.3, -0.25) is 15.2 Å². The largest absolute Gasteiger partial charge is 0.486 e. The minimum atomic E-state index is -0.372. The first kappa shape index (κ1) is 20.0. The van der Waals surface area contributed by atoms with E-state index in [1.807, 2.05) is 12.1 Å². The number of rotatable bonds is 6. The van der Waals surface area contributed by atoms with Crippen molar-refractivity contribution in [1.29, 1.82) is 0 Å². The Morgan fingerprint density at radius 1 is 1.20 bits per heavy atom. The van der Waals surface area contributed by atoms with Crippen LogP contribution in [0.4, 0.5) is 10.3 Å². The molecule has 152 valence electrons. The molecule has 2 aromatic carbocycles. The monoisotopic (exact) mass is 443 g/mol. The van der Waals surface area contributed by atoms with Gasteiger partial charge in [-0.15, -0.1) is 16.4 Å². The quantitative estimate of drug-likeness (QED) is 0.444. The van der Waals surface area contributed by atoms with Gasteiger partial charge in [0.25, 0.3) is 5.91 Å². The number of thiazole rings is 1. The summed E-state index contributed by atoms with van der Waals surface area (Å²) in [5.41, 5.74) is 1.25. The number of nitrogens with zero attached hydrogens (tertiary/aromatic N) is 3. The summed E-state index contributed by atoms with van der Waals surface area (Å²) >= 11 is 7.37. The van der Waals surface area contributed by atoms with Gasteiger partial charge in [0.2, 0.25) is 5.95 Å². The molecule has 1 amide bonds. The van der Waals surface area contributed by atoms with Crippen molar-refractivity contribution in [2.75, 3.05) is 5.32 Å². The maximum absolute atomic E-state index is 13.0. The van der Waals surface area contributed by atoms with Crippen LogP contribution in [0.5, 0.6) is 5.75 Å². The molecule has 10 heteroatoms. The minimum Gasteiger partial charge on any atom is -0.486 e. The average molecular weight is 444 g/mol. The molecule has 0 saturated carbocycles. The molecule has 0 unspecified atom stereocenters. The van der Waals surface area contributed by atoms with Crippen molar-refractivity contribution in [3.05, 3.63) is 74.9 Å². The highest BCUT2D eigenvalue weighted by Gasteiger charge is 2.18. The second-order valence-electron chi connectivity index (χ2n) is 6.21. The summed E-state index contributed by atoms with van der Waals surface area (Å²) in [6.07, 6.45) is 0. The van der Waals surface area contributed by atoms with Crippen LogP contribution in [0.3, 0.4) is 0 Å². The van der Waals surface area contributed by atoms with Gasteiger partial charge in [0.05, 0.1) is 10.7 Å². The van der Waals surface area contributed by atoms with Crippen LogP contribution in [0, 0.1) is 12.7 Å². The van der Waals surface area contributed by atoms with Crippen molar-refractivity contribution in [1.82, 2.24) is 20.2 Å². The van der Waals surface area contributed by atoms with Crippen LogP contribution in [0.25, 0.3) is 11.4 Å². The number of halogens is 2. The molecule has 0 aliphatic heterocycles. The summed E-state index contributed by atoms with van der Waals surface area (Å²) < 4.78 is 18.5. The second kappa shape index (κ2) is 8.60. The van der Waals surface area contributed by atoms with E-state index in [0.29, 0.717) is 37.7 Å². The van der Waals surface area contributed by atoms with E-state index in [-0.39, 0.29) is 24.3 Å². The third-order valence-corrected chi connectivity index (χ3v) is 5.52. The van der Waals surface area contributed by atoms with E-state index in [1.54, 1.807) is 19.1 Å². The van der Waals surface area contributed by atoms with E-state index in [2.05, 4.69) is 25.5 Å². The van der Waals surface area contributed by atoms with E-state index in [4.69, 9.17) is 16.3 Å². The second-order valence-corrected chi connectivity index (χ2v) is 7.70. The zero-order valence-electron chi connectivity index (χ0n) is 15.6. The fourth-order valence-corrected chi connectivity index (χ4v) is 3.75. The number of carbonyl (C=O) groups is 1. The first-order valence-corrected chi connectivity index (χ1v) is 10.0. The lowest BCUT2D eigenvalue weighted by molar-refractivity contribution is 0.102. The molecule has 2 heterocycles. The first-order valence-electron chi connectivity index (χ1n) is 8.83. The molecule has 0 bridgehead atoms. The van der Waals surface area contributed by atoms with Crippen LogP contribution in [-0.4, -0.2) is 26.1 Å². The minimum absolute atomic E-state index is 0.131. The fourth-order valence-electron chi connectivity index (χ4n) is 2.65. The number of benzene rings is 2. The van der Waals surface area contributed by atoms with E-state index in [0.717, 1.165) is 0 Å². The number of ether oxygens (including phenoxy) is 1. The molecular weight excluding hydrogens is 429 g/mol. The Kier molecular flexibility index (Phi) is 5.73. The number of anilines is 1. The number of hydrogen-bond donors (Lipinski definition) is 2. The summed E-state index contributed by atoms with van der Waals surface area (Å²) in [6, 6.07) is 12.9. The lowest BCUT2D eigenvalue weighted by Gasteiger charge is -2.03. The number of H-pyrrole nitrogens is 1. The molecule has 0 spiro atoms. The molecule has 2 N–H and O–H groups in total. The predicted octanol–water partition coefficient (Wildman–Crippen LogP) is 4.86. The van der Waals surface area contributed by atoms with Crippen molar-refractivity contribution >= 4 is 34.8 Å². The zero-order valence-corrected chi connectivity index (χ0v) is 17.2. The number of aryl methyl sites for hydroxylation is 1. The maximum atomic E-state index is 13.0. The van der Waals surface area contributed by atoms with Gasteiger partial charge in [0.1, 0.15) is 28.1 Å². The summed E-state index contributed by atoms with van der Waals surface area (Å²) in [7, 11) is 0. The van der Waals surface area contributed by atoms with Crippen molar-refractivity contribution in [2.24, 2.45) is 0 Å². The van der Waals surface area contributed by atoms with E-state index in [9.17, 15) is 9.18 Å².